The molecule has 0 aliphatic rings. The van der Waals surface area contributed by atoms with Gasteiger partial charge in [-0.2, -0.15) is 0 Å². The first-order chi connectivity index (χ1) is 9.88. The first-order valence-corrected chi connectivity index (χ1v) is 6.38. The number of anilines is 1. The molecule has 2 aromatic carbocycles. The van der Waals surface area contributed by atoms with Crippen molar-refractivity contribution in [1.82, 2.24) is 0 Å². The third kappa shape index (κ3) is 3.28. The summed E-state index contributed by atoms with van der Waals surface area (Å²) in [6.07, 6.45) is 0. The number of nitro benzene ring substituents is 1. The Balaban J connectivity index is 2.33. The zero-order valence-corrected chi connectivity index (χ0v) is 11.6. The Bertz CT molecular complexity index is 689. The summed E-state index contributed by atoms with van der Waals surface area (Å²) < 4.78 is 13.1. The zero-order chi connectivity index (χ0) is 15.6. The third-order valence-corrected chi connectivity index (χ3v) is 3.18. The van der Waals surface area contributed by atoms with Crippen LogP contribution in [-0.2, 0) is 0 Å². The summed E-state index contributed by atoms with van der Waals surface area (Å²) in [5, 5.41) is 23.8. The molecule has 0 spiro atoms. The molecule has 0 heterocycles. The molecule has 2 rings (SSSR count). The van der Waals surface area contributed by atoms with Crippen molar-refractivity contribution < 1.29 is 14.4 Å². The Morgan fingerprint density at radius 1 is 1.29 bits per heavy atom. The van der Waals surface area contributed by atoms with Gasteiger partial charge in [-0.1, -0.05) is 17.7 Å². The summed E-state index contributed by atoms with van der Waals surface area (Å²) in [6.45, 7) is 3.65. The monoisotopic (exact) mass is 290 g/mol. The topological polar surface area (TPSA) is 75.4 Å². The maximum atomic E-state index is 13.1. The second-order valence-corrected chi connectivity index (χ2v) is 4.85. The van der Waals surface area contributed by atoms with Crippen LogP contribution >= 0.6 is 0 Å². The number of nitrogens with zero attached hydrogens (tertiary/aromatic N) is 1. The van der Waals surface area contributed by atoms with Crippen molar-refractivity contribution in [2.45, 2.75) is 19.9 Å². The number of phenolic OH excluding ortho intramolecular Hbond substituents is 1. The lowest BCUT2D eigenvalue weighted by molar-refractivity contribution is -0.384. The molecule has 0 bridgehead atoms. The van der Waals surface area contributed by atoms with E-state index >= 15 is 0 Å². The van der Waals surface area contributed by atoms with E-state index in [9.17, 15) is 19.6 Å². The van der Waals surface area contributed by atoms with Gasteiger partial charge >= 0.3 is 0 Å². The van der Waals surface area contributed by atoms with Gasteiger partial charge in [0.25, 0.3) is 5.69 Å². The lowest BCUT2D eigenvalue weighted by Crippen LogP contribution is -2.09. The molecule has 1 unspecified atom stereocenters. The number of nitro groups is 1. The Labute approximate surface area is 121 Å². The highest BCUT2D eigenvalue weighted by Gasteiger charge is 2.18. The molecule has 2 N–H and O–H groups in total. The second kappa shape index (κ2) is 5.78. The Hall–Kier alpha value is -2.63. The minimum atomic E-state index is -0.668. The summed E-state index contributed by atoms with van der Waals surface area (Å²) in [7, 11) is 0. The van der Waals surface area contributed by atoms with Crippen LogP contribution in [0.25, 0.3) is 0 Å². The molecule has 0 aliphatic heterocycles. The van der Waals surface area contributed by atoms with Gasteiger partial charge in [-0.3, -0.25) is 10.1 Å². The van der Waals surface area contributed by atoms with Crippen molar-refractivity contribution in [3.8, 4) is 5.75 Å². The van der Waals surface area contributed by atoms with E-state index in [1.54, 1.807) is 25.1 Å². The number of rotatable bonds is 4. The second-order valence-electron chi connectivity index (χ2n) is 4.85. The van der Waals surface area contributed by atoms with Crippen LogP contribution in [0.3, 0.4) is 0 Å². The molecule has 6 heteroatoms. The van der Waals surface area contributed by atoms with Crippen LogP contribution in [0, 0.1) is 22.9 Å². The lowest BCUT2D eigenvalue weighted by Gasteiger charge is -2.17. The van der Waals surface area contributed by atoms with E-state index in [2.05, 4.69) is 5.32 Å². The van der Waals surface area contributed by atoms with Gasteiger partial charge in [0.05, 0.1) is 17.0 Å². The fourth-order valence-electron chi connectivity index (χ4n) is 2.11. The highest BCUT2D eigenvalue weighted by molar-refractivity contribution is 5.62. The molecule has 0 aromatic heterocycles. The lowest BCUT2D eigenvalue weighted by atomic mass is 10.0. The molecule has 0 radical (unpaired) electrons. The number of aromatic hydroxyl groups is 1. The molecule has 110 valence electrons. The van der Waals surface area contributed by atoms with Gasteiger partial charge in [0, 0.05) is 5.56 Å². The van der Waals surface area contributed by atoms with Gasteiger partial charge in [0.1, 0.15) is 17.3 Å². The van der Waals surface area contributed by atoms with Gasteiger partial charge in [0.2, 0.25) is 0 Å². The van der Waals surface area contributed by atoms with Crippen LogP contribution in [-0.4, -0.2) is 10.0 Å². The summed E-state index contributed by atoms with van der Waals surface area (Å²) in [4.78, 5) is 10.3. The molecular weight excluding hydrogens is 275 g/mol. The van der Waals surface area contributed by atoms with E-state index in [0.717, 1.165) is 17.7 Å². The standard InChI is InChI=1S/C15H15FN2O3/c1-9-3-6-15(19)12(7-9)10(2)17-13-5-4-11(16)8-14(13)18(20)21/h3-8,10,17,19H,1-2H3. The van der Waals surface area contributed by atoms with E-state index in [0.29, 0.717) is 5.56 Å². The Kier molecular flexibility index (Phi) is 4.07. The molecule has 21 heavy (non-hydrogen) atoms. The van der Waals surface area contributed by atoms with E-state index in [4.69, 9.17) is 0 Å². The van der Waals surface area contributed by atoms with Crippen LogP contribution in [0.15, 0.2) is 36.4 Å². The normalized spacial score (nSPS) is 12.0. The molecule has 0 amide bonds. The summed E-state index contributed by atoms with van der Waals surface area (Å²) in [6, 6.07) is 8.10. The fraction of sp³-hybridized carbons (Fsp3) is 0.200. The van der Waals surface area contributed by atoms with Crippen LogP contribution in [0.2, 0.25) is 0 Å². The van der Waals surface area contributed by atoms with Crippen molar-refractivity contribution in [2.75, 3.05) is 5.32 Å². The average molecular weight is 290 g/mol. The molecule has 2 aromatic rings. The number of hydrogen-bond donors (Lipinski definition) is 2. The molecule has 1 atom stereocenters. The molecule has 0 saturated carbocycles. The number of hydrogen-bond acceptors (Lipinski definition) is 4. The molecule has 0 aliphatic carbocycles. The molecule has 0 fully saturated rings. The van der Waals surface area contributed by atoms with E-state index in [1.807, 2.05) is 6.92 Å². The average Bonchev–Trinajstić information content (AvgIpc) is 2.43. The largest absolute Gasteiger partial charge is 0.508 e. The number of halogens is 1. The predicted octanol–water partition coefficient (Wildman–Crippen LogP) is 3.92. The highest BCUT2D eigenvalue weighted by atomic mass is 19.1. The molecule has 0 saturated heterocycles. The van der Waals surface area contributed by atoms with Gasteiger partial charge in [-0.25, -0.2) is 4.39 Å². The quantitative estimate of drug-likeness (QED) is 0.661. The van der Waals surface area contributed by atoms with E-state index in [1.165, 1.54) is 6.07 Å². The smallest absolute Gasteiger partial charge is 0.295 e. The molecule has 5 nitrogen and oxygen atoms in total. The maximum Gasteiger partial charge on any atom is 0.295 e. The Morgan fingerprint density at radius 3 is 2.67 bits per heavy atom. The predicted molar refractivity (Wildman–Crippen MR) is 77.9 cm³/mol. The highest BCUT2D eigenvalue weighted by Crippen LogP contribution is 2.32. The van der Waals surface area contributed by atoms with Gasteiger partial charge in [-0.15, -0.1) is 0 Å². The van der Waals surface area contributed by atoms with Gasteiger partial charge in [-0.05, 0) is 32.0 Å². The fourth-order valence-corrected chi connectivity index (χ4v) is 2.11. The van der Waals surface area contributed by atoms with Gasteiger partial charge < -0.3 is 10.4 Å². The number of aryl methyl sites for hydroxylation is 1. The van der Waals surface area contributed by atoms with E-state index in [-0.39, 0.29) is 23.2 Å². The van der Waals surface area contributed by atoms with Crippen LogP contribution in [0.4, 0.5) is 15.8 Å². The maximum absolute atomic E-state index is 13.1. The van der Waals surface area contributed by atoms with Crippen LogP contribution < -0.4 is 5.32 Å². The summed E-state index contributed by atoms with van der Waals surface area (Å²) in [5.41, 5.74) is 1.45. The van der Waals surface area contributed by atoms with Crippen LogP contribution in [0.1, 0.15) is 24.1 Å². The van der Waals surface area contributed by atoms with Crippen molar-refractivity contribution in [3.05, 3.63) is 63.5 Å². The number of nitrogens with one attached hydrogen (secondary N) is 1. The summed E-state index contributed by atoms with van der Waals surface area (Å²) in [5.74, 6) is -0.566. The van der Waals surface area contributed by atoms with Crippen molar-refractivity contribution >= 4 is 11.4 Å². The van der Waals surface area contributed by atoms with Crippen molar-refractivity contribution in [3.63, 3.8) is 0 Å². The SMILES string of the molecule is Cc1ccc(O)c(C(C)Nc2ccc(F)cc2[N+](=O)[O-])c1. The van der Waals surface area contributed by atoms with Crippen molar-refractivity contribution in [2.24, 2.45) is 0 Å². The minimum Gasteiger partial charge on any atom is -0.508 e. The first kappa shape index (κ1) is 14.8. The Morgan fingerprint density at radius 2 is 2.00 bits per heavy atom. The number of phenols is 1. The van der Waals surface area contributed by atoms with Gasteiger partial charge in [0.15, 0.2) is 0 Å². The first-order valence-electron chi connectivity index (χ1n) is 6.38. The minimum absolute atomic E-state index is 0.102. The number of benzene rings is 2. The summed E-state index contributed by atoms with van der Waals surface area (Å²) >= 11 is 0. The zero-order valence-electron chi connectivity index (χ0n) is 11.6. The van der Waals surface area contributed by atoms with Crippen LogP contribution in [0.5, 0.6) is 5.75 Å². The van der Waals surface area contributed by atoms with Crippen molar-refractivity contribution in [1.29, 1.82) is 0 Å². The molecular formula is C15H15FN2O3. The third-order valence-electron chi connectivity index (χ3n) is 3.18. The van der Waals surface area contributed by atoms with E-state index < -0.39 is 10.7 Å².